The summed E-state index contributed by atoms with van der Waals surface area (Å²) < 4.78 is 2.86. The number of fused-ring (bicyclic) bond motifs is 1. The lowest BCUT2D eigenvalue weighted by Crippen LogP contribution is -2.45. The molecule has 6 nitrogen and oxygen atoms in total. The highest BCUT2D eigenvalue weighted by atomic mass is 32.1. The summed E-state index contributed by atoms with van der Waals surface area (Å²) in [6, 6.07) is 9.96. The monoisotopic (exact) mass is 467 g/mol. The molecule has 2 heterocycles. The van der Waals surface area contributed by atoms with Crippen LogP contribution in [-0.2, 0) is 17.9 Å². The van der Waals surface area contributed by atoms with Crippen LogP contribution in [-0.4, -0.2) is 21.1 Å². The smallest absolute Gasteiger partial charge is 0.332 e. The van der Waals surface area contributed by atoms with Gasteiger partial charge in [-0.2, -0.15) is 0 Å². The molecule has 1 saturated carbocycles. The molecule has 0 unspecified atom stereocenters. The summed E-state index contributed by atoms with van der Waals surface area (Å²) in [7, 11) is 0. The molecule has 2 aromatic heterocycles. The Hall–Kier alpha value is -2.67. The van der Waals surface area contributed by atoms with Crippen LogP contribution in [0.5, 0.6) is 0 Å². The number of benzene rings is 1. The molecule has 7 heteroatoms. The van der Waals surface area contributed by atoms with Crippen molar-refractivity contribution >= 4 is 27.5 Å². The van der Waals surface area contributed by atoms with Gasteiger partial charge in [0.2, 0.25) is 5.91 Å². The highest BCUT2D eigenvalue weighted by molar-refractivity contribution is 7.19. The van der Waals surface area contributed by atoms with Crippen LogP contribution < -0.4 is 16.6 Å². The second-order valence-corrected chi connectivity index (χ2v) is 10.2. The Morgan fingerprint density at radius 1 is 1.06 bits per heavy atom. The molecular formula is C26H33N3O3S. The van der Waals surface area contributed by atoms with Crippen molar-refractivity contribution in [3.63, 3.8) is 0 Å². The Kier molecular flexibility index (Phi) is 7.48. The molecule has 0 atom stereocenters. The second kappa shape index (κ2) is 10.5. The molecule has 0 aliphatic heterocycles. The molecule has 0 radical (unpaired) electrons. The van der Waals surface area contributed by atoms with Crippen molar-refractivity contribution in [2.45, 2.75) is 84.3 Å². The molecule has 1 aromatic carbocycles. The van der Waals surface area contributed by atoms with E-state index in [1.165, 1.54) is 17.8 Å². The van der Waals surface area contributed by atoms with Crippen molar-refractivity contribution in [1.82, 2.24) is 14.5 Å². The van der Waals surface area contributed by atoms with E-state index in [0.717, 1.165) is 65.5 Å². The number of nitrogens with one attached hydrogen (secondary N) is 1. The number of carbonyl (C=O) groups excluding carboxylic acids is 1. The van der Waals surface area contributed by atoms with Crippen LogP contribution in [0.4, 0.5) is 0 Å². The Morgan fingerprint density at radius 2 is 1.79 bits per heavy atom. The van der Waals surface area contributed by atoms with Gasteiger partial charge in [0.25, 0.3) is 5.56 Å². The van der Waals surface area contributed by atoms with Gasteiger partial charge in [0.05, 0.1) is 5.39 Å². The zero-order chi connectivity index (χ0) is 23.4. The van der Waals surface area contributed by atoms with E-state index in [2.05, 4.69) is 12.2 Å². The van der Waals surface area contributed by atoms with Crippen LogP contribution >= 0.6 is 11.3 Å². The topological polar surface area (TPSA) is 73.1 Å². The zero-order valence-corrected chi connectivity index (χ0v) is 20.4. The molecule has 0 bridgehead atoms. The van der Waals surface area contributed by atoms with Crippen LogP contribution in [0.25, 0.3) is 21.3 Å². The predicted molar refractivity (Wildman–Crippen MR) is 135 cm³/mol. The highest BCUT2D eigenvalue weighted by Gasteiger charge is 2.23. The van der Waals surface area contributed by atoms with Gasteiger partial charge in [-0.1, -0.05) is 69.4 Å². The first-order valence-corrected chi connectivity index (χ1v) is 12.9. The van der Waals surface area contributed by atoms with E-state index in [1.54, 1.807) is 4.57 Å². The normalized spacial score (nSPS) is 14.6. The summed E-state index contributed by atoms with van der Waals surface area (Å²) in [6.45, 7) is 4.42. The number of unbranched alkanes of at least 4 members (excludes halogenated alkanes) is 2. The maximum Gasteiger partial charge on any atom is 0.332 e. The quantitative estimate of drug-likeness (QED) is 0.482. The second-order valence-electron chi connectivity index (χ2n) is 9.01. The third kappa shape index (κ3) is 4.98. The Labute approximate surface area is 198 Å². The molecule has 1 N–H and O–H groups in total. The van der Waals surface area contributed by atoms with Gasteiger partial charge in [0, 0.05) is 23.0 Å². The van der Waals surface area contributed by atoms with E-state index in [4.69, 9.17) is 0 Å². The molecule has 1 fully saturated rings. The van der Waals surface area contributed by atoms with Crippen LogP contribution in [0.1, 0.15) is 63.2 Å². The Bertz CT molecular complexity index is 1230. The van der Waals surface area contributed by atoms with E-state index in [0.29, 0.717) is 16.8 Å². The molecule has 1 aliphatic rings. The number of aromatic nitrogens is 2. The van der Waals surface area contributed by atoms with Gasteiger partial charge < -0.3 is 5.32 Å². The lowest BCUT2D eigenvalue weighted by Gasteiger charge is -2.23. The number of hydrogen-bond acceptors (Lipinski definition) is 4. The van der Waals surface area contributed by atoms with Gasteiger partial charge >= 0.3 is 5.69 Å². The minimum Gasteiger partial charge on any atom is -0.352 e. The van der Waals surface area contributed by atoms with Crippen molar-refractivity contribution < 1.29 is 4.79 Å². The maximum absolute atomic E-state index is 13.6. The van der Waals surface area contributed by atoms with Gasteiger partial charge in [-0.25, -0.2) is 4.79 Å². The number of rotatable bonds is 8. The maximum atomic E-state index is 13.6. The number of thiophene rings is 1. The predicted octanol–water partition coefficient (Wildman–Crippen LogP) is 4.84. The van der Waals surface area contributed by atoms with Gasteiger partial charge in [-0.3, -0.25) is 18.7 Å². The molecule has 3 aromatic rings. The first-order chi connectivity index (χ1) is 16.0. The molecule has 0 saturated heterocycles. The molecule has 1 amide bonds. The van der Waals surface area contributed by atoms with Crippen molar-refractivity contribution in [1.29, 1.82) is 0 Å². The van der Waals surface area contributed by atoms with Gasteiger partial charge in [0.1, 0.15) is 11.4 Å². The third-order valence-electron chi connectivity index (χ3n) is 6.55. The Balaban J connectivity index is 1.80. The number of nitrogens with zero attached hydrogens (tertiary/aromatic N) is 2. The lowest BCUT2D eigenvalue weighted by molar-refractivity contribution is -0.122. The van der Waals surface area contributed by atoms with Crippen molar-refractivity contribution in [2.24, 2.45) is 0 Å². The minimum atomic E-state index is -0.386. The van der Waals surface area contributed by atoms with Crippen LogP contribution in [0, 0.1) is 6.92 Å². The minimum absolute atomic E-state index is 0.140. The van der Waals surface area contributed by atoms with Gasteiger partial charge in [-0.15, -0.1) is 11.3 Å². The van der Waals surface area contributed by atoms with Crippen molar-refractivity contribution in [3.05, 3.63) is 56.0 Å². The molecule has 1 aliphatic carbocycles. The van der Waals surface area contributed by atoms with Crippen molar-refractivity contribution in [3.8, 4) is 11.1 Å². The summed E-state index contributed by atoms with van der Waals surface area (Å²) in [5.74, 6) is -0.256. The summed E-state index contributed by atoms with van der Waals surface area (Å²) in [6.07, 6.45) is 8.24. The number of hydrogen-bond donors (Lipinski definition) is 1. The van der Waals surface area contributed by atoms with Gasteiger partial charge in [0.15, 0.2) is 0 Å². The van der Waals surface area contributed by atoms with E-state index in [9.17, 15) is 14.4 Å². The fraction of sp³-hybridized carbons (Fsp3) is 0.500. The molecule has 33 heavy (non-hydrogen) atoms. The van der Waals surface area contributed by atoms with Crippen LogP contribution in [0.15, 0.2) is 39.9 Å². The zero-order valence-electron chi connectivity index (χ0n) is 19.6. The lowest BCUT2D eigenvalue weighted by atomic mass is 9.95. The first kappa shape index (κ1) is 23.5. The van der Waals surface area contributed by atoms with Crippen molar-refractivity contribution in [2.75, 3.05) is 0 Å². The standard InChI is InChI=1S/C26H33N3O3S/c1-3-4-11-16-28-25-23(22(18(2)33-25)19-12-7-5-8-13-19)24(31)29(26(28)32)17-21(30)27-20-14-9-6-10-15-20/h5,7-8,12-13,20H,3-4,6,9-11,14-17H2,1-2H3,(H,27,30). The number of aryl methyl sites for hydroxylation is 2. The van der Waals surface area contributed by atoms with Crippen LogP contribution in [0.3, 0.4) is 0 Å². The third-order valence-corrected chi connectivity index (χ3v) is 7.68. The van der Waals surface area contributed by atoms with E-state index < -0.39 is 0 Å². The van der Waals surface area contributed by atoms with Crippen LogP contribution in [0.2, 0.25) is 0 Å². The summed E-state index contributed by atoms with van der Waals surface area (Å²) in [5.41, 5.74) is 1.06. The van der Waals surface area contributed by atoms with E-state index in [-0.39, 0.29) is 29.7 Å². The summed E-state index contributed by atoms with van der Waals surface area (Å²) in [4.78, 5) is 41.6. The first-order valence-electron chi connectivity index (χ1n) is 12.1. The molecule has 0 spiro atoms. The number of carbonyl (C=O) groups is 1. The Morgan fingerprint density at radius 3 is 2.48 bits per heavy atom. The molecular weight excluding hydrogens is 434 g/mol. The average molecular weight is 468 g/mol. The fourth-order valence-electron chi connectivity index (χ4n) is 4.85. The van der Waals surface area contributed by atoms with Gasteiger partial charge in [-0.05, 0) is 31.7 Å². The largest absolute Gasteiger partial charge is 0.352 e. The SMILES string of the molecule is CCCCCn1c(=O)n(CC(=O)NC2CCCCC2)c(=O)c2c(-c3ccccc3)c(C)sc21. The van der Waals surface area contributed by atoms with E-state index in [1.807, 2.05) is 37.3 Å². The van der Waals surface area contributed by atoms with E-state index >= 15 is 0 Å². The average Bonchev–Trinajstić information content (AvgIpc) is 3.17. The highest BCUT2D eigenvalue weighted by Crippen LogP contribution is 2.36. The summed E-state index contributed by atoms with van der Waals surface area (Å²) >= 11 is 1.49. The summed E-state index contributed by atoms with van der Waals surface area (Å²) in [5, 5.41) is 3.60. The molecule has 176 valence electrons. The fourth-order valence-corrected chi connectivity index (χ4v) is 6.03. The number of amides is 1. The molecule has 4 rings (SSSR count).